The Bertz CT molecular complexity index is 294. The first-order valence-corrected chi connectivity index (χ1v) is 4.93. The summed E-state index contributed by atoms with van der Waals surface area (Å²) >= 11 is 0. The summed E-state index contributed by atoms with van der Waals surface area (Å²) in [6, 6.07) is 0. The minimum Gasteiger partial charge on any atom is -0.371 e. The molecule has 1 saturated heterocycles. The third-order valence-electron chi connectivity index (χ3n) is 2.49. The molecule has 0 saturated carbocycles. The predicted octanol–water partition coefficient (Wildman–Crippen LogP) is -0.313. The number of tetrazole rings is 1. The molecule has 1 atom stereocenters. The summed E-state index contributed by atoms with van der Waals surface area (Å²) in [6.45, 7) is 1.83. The molecule has 14 heavy (non-hydrogen) atoms. The Morgan fingerprint density at radius 2 is 2.00 bits per heavy atom. The third-order valence-corrected chi connectivity index (χ3v) is 2.49. The van der Waals surface area contributed by atoms with E-state index in [1.807, 2.05) is 4.90 Å². The van der Waals surface area contributed by atoms with Crippen molar-refractivity contribution < 1.29 is 5.11 Å². The van der Waals surface area contributed by atoms with Gasteiger partial charge in [0.1, 0.15) is 0 Å². The van der Waals surface area contributed by atoms with Gasteiger partial charge in [0, 0.05) is 13.1 Å². The number of piperidine rings is 1. The lowest BCUT2D eigenvalue weighted by atomic mass is 10.1. The Kier molecular flexibility index (Phi) is 2.74. The largest absolute Gasteiger partial charge is 0.371 e. The first-order valence-electron chi connectivity index (χ1n) is 4.93. The molecule has 1 unspecified atom stereocenters. The molecule has 0 spiro atoms. The molecule has 2 rings (SSSR count). The van der Waals surface area contributed by atoms with Crippen LogP contribution >= 0.6 is 0 Å². The SMILES string of the molecule is Cn1nnc(C(O)N2CCCCC2)n1. The number of nitrogens with zero attached hydrogens (tertiary/aromatic N) is 5. The first kappa shape index (κ1) is 9.54. The maximum absolute atomic E-state index is 9.91. The number of aryl methyl sites for hydroxylation is 1. The number of likely N-dealkylation sites (tertiary alicyclic amines) is 1. The molecule has 2 heterocycles. The van der Waals surface area contributed by atoms with Crippen molar-refractivity contribution in [3.63, 3.8) is 0 Å². The molecule has 78 valence electrons. The lowest BCUT2D eigenvalue weighted by Crippen LogP contribution is -2.34. The van der Waals surface area contributed by atoms with E-state index in [1.54, 1.807) is 7.05 Å². The molecule has 0 amide bonds. The lowest BCUT2D eigenvalue weighted by Gasteiger charge is -2.29. The van der Waals surface area contributed by atoms with Gasteiger partial charge in [-0.15, -0.1) is 10.2 Å². The van der Waals surface area contributed by atoms with Crippen LogP contribution in [-0.2, 0) is 7.05 Å². The number of hydrogen-bond donors (Lipinski definition) is 1. The van der Waals surface area contributed by atoms with Gasteiger partial charge in [-0.25, -0.2) is 0 Å². The zero-order valence-electron chi connectivity index (χ0n) is 8.30. The van der Waals surface area contributed by atoms with E-state index < -0.39 is 6.23 Å². The Balaban J connectivity index is 2.03. The summed E-state index contributed by atoms with van der Waals surface area (Å²) in [5.74, 6) is 0.398. The van der Waals surface area contributed by atoms with Crippen molar-refractivity contribution in [3.05, 3.63) is 5.82 Å². The first-order chi connectivity index (χ1) is 6.77. The smallest absolute Gasteiger partial charge is 0.218 e. The summed E-state index contributed by atoms with van der Waals surface area (Å²) in [4.78, 5) is 3.35. The zero-order chi connectivity index (χ0) is 9.97. The quantitative estimate of drug-likeness (QED) is 0.704. The summed E-state index contributed by atoms with van der Waals surface area (Å²) in [6.07, 6.45) is 2.83. The molecule has 6 nitrogen and oxygen atoms in total. The van der Waals surface area contributed by atoms with Crippen molar-refractivity contribution in [1.29, 1.82) is 0 Å². The number of aliphatic hydroxyl groups excluding tert-OH is 1. The van der Waals surface area contributed by atoms with E-state index in [2.05, 4.69) is 15.4 Å². The van der Waals surface area contributed by atoms with E-state index in [9.17, 15) is 5.11 Å². The van der Waals surface area contributed by atoms with Gasteiger partial charge in [-0.1, -0.05) is 6.42 Å². The lowest BCUT2D eigenvalue weighted by molar-refractivity contribution is -0.0163. The van der Waals surface area contributed by atoms with Crippen LogP contribution in [0, 0.1) is 0 Å². The zero-order valence-corrected chi connectivity index (χ0v) is 8.30. The monoisotopic (exact) mass is 197 g/mol. The summed E-state index contributed by atoms with van der Waals surface area (Å²) in [5, 5.41) is 21.4. The molecule has 1 fully saturated rings. The highest BCUT2D eigenvalue weighted by Gasteiger charge is 2.23. The van der Waals surface area contributed by atoms with E-state index in [-0.39, 0.29) is 0 Å². The van der Waals surface area contributed by atoms with Gasteiger partial charge in [0.25, 0.3) is 0 Å². The Hall–Kier alpha value is -1.01. The van der Waals surface area contributed by atoms with Gasteiger partial charge in [-0.3, -0.25) is 4.90 Å². The van der Waals surface area contributed by atoms with Crippen LogP contribution in [0.25, 0.3) is 0 Å². The maximum atomic E-state index is 9.91. The maximum Gasteiger partial charge on any atom is 0.218 e. The summed E-state index contributed by atoms with van der Waals surface area (Å²) in [5.41, 5.74) is 0. The molecule has 6 heteroatoms. The average Bonchev–Trinajstić information content (AvgIpc) is 2.65. The Morgan fingerprint density at radius 1 is 1.29 bits per heavy atom. The standard InChI is InChI=1S/C8H15N5O/c1-12-10-7(9-11-12)8(14)13-5-3-2-4-6-13/h8,14H,2-6H2,1H3. The van der Waals surface area contributed by atoms with Crippen molar-refractivity contribution in [2.75, 3.05) is 13.1 Å². The fourth-order valence-corrected chi connectivity index (χ4v) is 1.73. The van der Waals surface area contributed by atoms with E-state index in [0.29, 0.717) is 5.82 Å². The number of rotatable bonds is 2. The topological polar surface area (TPSA) is 67.1 Å². The predicted molar refractivity (Wildman–Crippen MR) is 49.2 cm³/mol. The van der Waals surface area contributed by atoms with Crippen LogP contribution in [0.2, 0.25) is 0 Å². The Labute approximate surface area is 82.5 Å². The molecule has 0 aliphatic carbocycles. The molecular weight excluding hydrogens is 182 g/mol. The molecule has 1 aliphatic rings. The summed E-state index contributed by atoms with van der Waals surface area (Å²) in [7, 11) is 1.69. The minimum absolute atomic E-state index is 0.398. The van der Waals surface area contributed by atoms with Gasteiger partial charge in [0.15, 0.2) is 6.23 Å². The van der Waals surface area contributed by atoms with E-state index >= 15 is 0 Å². The van der Waals surface area contributed by atoms with Crippen molar-refractivity contribution >= 4 is 0 Å². The molecule has 1 aromatic heterocycles. The van der Waals surface area contributed by atoms with Crippen molar-refractivity contribution in [2.24, 2.45) is 7.05 Å². The van der Waals surface area contributed by atoms with Crippen molar-refractivity contribution in [1.82, 2.24) is 25.1 Å². The highest BCUT2D eigenvalue weighted by atomic mass is 16.3. The third kappa shape index (κ3) is 1.91. The van der Waals surface area contributed by atoms with Gasteiger partial charge in [-0.05, 0) is 18.1 Å². The average molecular weight is 197 g/mol. The second-order valence-electron chi connectivity index (χ2n) is 3.61. The van der Waals surface area contributed by atoms with Gasteiger partial charge in [0.05, 0.1) is 7.05 Å². The Morgan fingerprint density at radius 3 is 2.57 bits per heavy atom. The van der Waals surface area contributed by atoms with Crippen molar-refractivity contribution in [2.45, 2.75) is 25.5 Å². The highest BCUT2D eigenvalue weighted by Crippen LogP contribution is 2.18. The van der Waals surface area contributed by atoms with Gasteiger partial charge < -0.3 is 5.11 Å². The van der Waals surface area contributed by atoms with Gasteiger partial charge >= 0.3 is 0 Å². The van der Waals surface area contributed by atoms with Crippen LogP contribution in [0.3, 0.4) is 0 Å². The summed E-state index contributed by atoms with van der Waals surface area (Å²) < 4.78 is 0. The number of aliphatic hydroxyl groups is 1. The molecule has 1 aromatic rings. The van der Waals surface area contributed by atoms with Crippen LogP contribution in [0.4, 0.5) is 0 Å². The highest BCUT2D eigenvalue weighted by molar-refractivity contribution is 4.84. The fraction of sp³-hybridized carbons (Fsp3) is 0.875. The van der Waals surface area contributed by atoms with Crippen LogP contribution < -0.4 is 0 Å². The molecule has 1 aliphatic heterocycles. The normalized spacial score (nSPS) is 21.0. The van der Waals surface area contributed by atoms with E-state index in [1.165, 1.54) is 11.2 Å². The second-order valence-corrected chi connectivity index (χ2v) is 3.61. The fourth-order valence-electron chi connectivity index (χ4n) is 1.73. The van der Waals surface area contributed by atoms with E-state index in [4.69, 9.17) is 0 Å². The van der Waals surface area contributed by atoms with Crippen LogP contribution in [0.5, 0.6) is 0 Å². The molecule has 0 aromatic carbocycles. The van der Waals surface area contributed by atoms with Crippen LogP contribution in [0.1, 0.15) is 31.3 Å². The van der Waals surface area contributed by atoms with Gasteiger partial charge in [-0.2, -0.15) is 4.80 Å². The molecule has 1 N–H and O–H groups in total. The molecule has 0 bridgehead atoms. The van der Waals surface area contributed by atoms with Crippen LogP contribution in [-0.4, -0.2) is 43.3 Å². The van der Waals surface area contributed by atoms with Crippen molar-refractivity contribution in [3.8, 4) is 0 Å². The minimum atomic E-state index is -0.691. The van der Waals surface area contributed by atoms with Gasteiger partial charge in [0.2, 0.25) is 5.82 Å². The number of aromatic nitrogens is 4. The number of hydrogen-bond acceptors (Lipinski definition) is 5. The second kappa shape index (κ2) is 4.02. The van der Waals surface area contributed by atoms with E-state index in [0.717, 1.165) is 25.9 Å². The van der Waals surface area contributed by atoms with Crippen LogP contribution in [0.15, 0.2) is 0 Å². The molecular formula is C8H15N5O. The molecule has 0 radical (unpaired) electrons.